The van der Waals surface area contributed by atoms with Crippen LogP contribution < -0.4 is 0 Å². The van der Waals surface area contributed by atoms with E-state index in [4.69, 9.17) is 0 Å². The molecule has 37 heavy (non-hydrogen) atoms. The Morgan fingerprint density at radius 3 is 0.757 bits per heavy atom. The van der Waals surface area contributed by atoms with E-state index in [1.54, 1.807) is 0 Å². The molecule has 0 aliphatic carbocycles. The molecule has 0 bridgehead atoms. The van der Waals surface area contributed by atoms with Gasteiger partial charge in [-0.2, -0.15) is 0 Å². The molecule has 0 saturated heterocycles. The number of unbranched alkanes of at least 4 members (excludes halogenated alkanes) is 26. The second kappa shape index (κ2) is 30.5. The topological polar surface area (TPSA) is 20.2 Å². The summed E-state index contributed by atoms with van der Waals surface area (Å²) in [5.74, 6) is 0. The van der Waals surface area contributed by atoms with Gasteiger partial charge in [0.2, 0.25) is 0 Å². The van der Waals surface area contributed by atoms with Crippen LogP contribution in [0.15, 0.2) is 0 Å². The van der Waals surface area contributed by atoms with Crippen molar-refractivity contribution in [2.24, 2.45) is 0 Å². The maximum atomic E-state index is 9.62. The third-order valence-corrected chi connectivity index (χ3v) is 8.74. The zero-order valence-corrected chi connectivity index (χ0v) is 26.5. The van der Waals surface area contributed by atoms with Gasteiger partial charge in [-0.3, -0.25) is 0 Å². The highest BCUT2D eigenvalue weighted by molar-refractivity contribution is 4.52. The average molecular weight is 525 g/mol. The minimum absolute atomic E-state index is 0.341. The number of likely N-dealkylation sites (N-methyl/N-ethyl adjacent to an activating group) is 1. The van der Waals surface area contributed by atoms with Gasteiger partial charge in [0.05, 0.1) is 26.7 Å². The normalized spacial score (nSPS) is 12.0. The van der Waals surface area contributed by atoms with Crippen molar-refractivity contribution >= 4 is 0 Å². The molecule has 0 aromatic heterocycles. The third kappa shape index (κ3) is 28.7. The lowest BCUT2D eigenvalue weighted by Crippen LogP contribution is -2.47. The van der Waals surface area contributed by atoms with Crippen molar-refractivity contribution in [2.45, 2.75) is 194 Å². The Morgan fingerprint density at radius 1 is 0.324 bits per heavy atom. The molecule has 0 saturated carbocycles. The number of rotatable bonds is 32. The monoisotopic (exact) mass is 525 g/mol. The quantitative estimate of drug-likeness (QED) is 0.0685. The number of aliphatic hydroxyl groups excluding tert-OH is 1. The minimum atomic E-state index is 0.341. The SMILES string of the molecule is CCCCCCCCCCCCCCCC[N+](C)(CCO)CCCCCCCCCCCCCCCC. The summed E-state index contributed by atoms with van der Waals surface area (Å²) in [5, 5.41) is 9.62. The van der Waals surface area contributed by atoms with Crippen molar-refractivity contribution in [3.63, 3.8) is 0 Å². The van der Waals surface area contributed by atoms with E-state index in [9.17, 15) is 5.11 Å². The maximum absolute atomic E-state index is 9.62. The van der Waals surface area contributed by atoms with Crippen molar-refractivity contribution in [3.05, 3.63) is 0 Å². The van der Waals surface area contributed by atoms with E-state index in [1.165, 1.54) is 193 Å². The largest absolute Gasteiger partial charge is 0.391 e. The predicted molar refractivity (Wildman–Crippen MR) is 168 cm³/mol. The van der Waals surface area contributed by atoms with Crippen molar-refractivity contribution in [1.29, 1.82) is 0 Å². The van der Waals surface area contributed by atoms with E-state index >= 15 is 0 Å². The lowest BCUT2D eigenvalue weighted by molar-refractivity contribution is -0.910. The summed E-state index contributed by atoms with van der Waals surface area (Å²) in [5.41, 5.74) is 0. The Hall–Kier alpha value is -0.0800. The van der Waals surface area contributed by atoms with Crippen molar-refractivity contribution < 1.29 is 9.59 Å². The van der Waals surface area contributed by atoms with E-state index in [-0.39, 0.29) is 0 Å². The van der Waals surface area contributed by atoms with Crippen LogP contribution in [-0.2, 0) is 0 Å². The van der Waals surface area contributed by atoms with Gasteiger partial charge in [0, 0.05) is 0 Å². The lowest BCUT2D eigenvalue weighted by Gasteiger charge is -2.34. The highest BCUT2D eigenvalue weighted by Gasteiger charge is 2.19. The van der Waals surface area contributed by atoms with Gasteiger partial charge in [0.25, 0.3) is 0 Å². The molecule has 0 spiro atoms. The molecule has 0 aromatic carbocycles. The molecule has 0 rings (SSSR count). The van der Waals surface area contributed by atoms with E-state index < -0.39 is 0 Å². The molecule has 0 aliphatic heterocycles. The molecule has 0 aromatic rings. The van der Waals surface area contributed by atoms with Crippen LogP contribution in [0, 0.1) is 0 Å². The second-order valence-electron chi connectivity index (χ2n) is 12.7. The van der Waals surface area contributed by atoms with Crippen LogP contribution in [0.1, 0.15) is 194 Å². The van der Waals surface area contributed by atoms with Crippen LogP contribution in [0.5, 0.6) is 0 Å². The average Bonchev–Trinajstić information content (AvgIpc) is 2.89. The van der Waals surface area contributed by atoms with Gasteiger partial charge >= 0.3 is 0 Å². The molecular formula is C35H74NO+. The van der Waals surface area contributed by atoms with Crippen LogP contribution in [-0.4, -0.2) is 42.9 Å². The van der Waals surface area contributed by atoms with Gasteiger partial charge in [-0.1, -0.05) is 168 Å². The van der Waals surface area contributed by atoms with E-state index in [2.05, 4.69) is 20.9 Å². The number of aliphatic hydroxyl groups is 1. The molecule has 0 heterocycles. The van der Waals surface area contributed by atoms with Gasteiger partial charge in [0.15, 0.2) is 0 Å². The summed E-state index contributed by atoms with van der Waals surface area (Å²) in [6, 6.07) is 0. The van der Waals surface area contributed by atoms with Crippen LogP contribution in [0.2, 0.25) is 0 Å². The Labute approximate surface area is 236 Å². The number of hydrogen-bond donors (Lipinski definition) is 1. The molecule has 0 aliphatic rings. The van der Waals surface area contributed by atoms with Gasteiger partial charge < -0.3 is 9.59 Å². The molecule has 224 valence electrons. The fraction of sp³-hybridized carbons (Fsp3) is 1.00. The highest BCUT2D eigenvalue weighted by Crippen LogP contribution is 2.16. The molecular weight excluding hydrogens is 450 g/mol. The Bertz CT molecular complexity index is 378. The van der Waals surface area contributed by atoms with E-state index in [0.29, 0.717) is 6.61 Å². The third-order valence-electron chi connectivity index (χ3n) is 8.74. The highest BCUT2D eigenvalue weighted by atomic mass is 16.3. The van der Waals surface area contributed by atoms with Crippen LogP contribution in [0.4, 0.5) is 0 Å². The van der Waals surface area contributed by atoms with Gasteiger partial charge in [-0.25, -0.2) is 0 Å². The van der Waals surface area contributed by atoms with Gasteiger partial charge in [0.1, 0.15) is 6.54 Å². The summed E-state index contributed by atoms with van der Waals surface area (Å²) in [4.78, 5) is 0. The summed E-state index contributed by atoms with van der Waals surface area (Å²) < 4.78 is 1.09. The number of hydrogen-bond acceptors (Lipinski definition) is 1. The molecule has 2 heteroatoms. The summed E-state index contributed by atoms with van der Waals surface area (Å²) in [6.07, 6.45) is 40.0. The van der Waals surface area contributed by atoms with Crippen molar-refractivity contribution in [1.82, 2.24) is 0 Å². The molecule has 0 unspecified atom stereocenters. The fourth-order valence-corrected chi connectivity index (χ4v) is 5.95. The first-order valence-corrected chi connectivity index (χ1v) is 17.6. The van der Waals surface area contributed by atoms with Gasteiger partial charge in [-0.15, -0.1) is 0 Å². The zero-order valence-electron chi connectivity index (χ0n) is 26.5. The Balaban J connectivity index is 3.52. The Morgan fingerprint density at radius 2 is 0.541 bits per heavy atom. The molecule has 1 N–H and O–H groups in total. The van der Waals surface area contributed by atoms with Crippen LogP contribution >= 0.6 is 0 Å². The van der Waals surface area contributed by atoms with Crippen molar-refractivity contribution in [2.75, 3.05) is 33.3 Å². The number of nitrogens with zero attached hydrogens (tertiary/aromatic N) is 1. The smallest absolute Gasteiger partial charge is 0.102 e. The van der Waals surface area contributed by atoms with Crippen LogP contribution in [0.3, 0.4) is 0 Å². The summed E-state index contributed by atoms with van der Waals surface area (Å²) in [6.45, 7) is 8.40. The Kier molecular flexibility index (Phi) is 30.4. The van der Waals surface area contributed by atoms with E-state index in [0.717, 1.165) is 11.0 Å². The number of quaternary nitrogens is 1. The zero-order chi connectivity index (χ0) is 27.1. The lowest BCUT2D eigenvalue weighted by atomic mass is 10.0. The summed E-state index contributed by atoms with van der Waals surface area (Å²) in [7, 11) is 2.39. The predicted octanol–water partition coefficient (Wildman–Crippen LogP) is 11.4. The van der Waals surface area contributed by atoms with Crippen LogP contribution in [0.25, 0.3) is 0 Å². The van der Waals surface area contributed by atoms with E-state index in [1.807, 2.05) is 0 Å². The second-order valence-corrected chi connectivity index (χ2v) is 12.7. The molecule has 0 amide bonds. The minimum Gasteiger partial charge on any atom is -0.391 e. The molecule has 2 nitrogen and oxygen atoms in total. The van der Waals surface area contributed by atoms with Gasteiger partial charge in [-0.05, 0) is 25.7 Å². The first kappa shape index (κ1) is 36.9. The molecule has 0 atom stereocenters. The standard InChI is InChI=1S/C35H74NO/c1-4-6-8-10-12-14-16-18-20-22-24-26-28-30-32-36(3,34-35-37)33-31-29-27-25-23-21-19-17-15-13-11-9-7-5-2/h37H,4-35H2,1-3H3/q+1. The maximum Gasteiger partial charge on any atom is 0.102 e. The van der Waals surface area contributed by atoms with Crippen molar-refractivity contribution in [3.8, 4) is 0 Å². The molecule has 0 fully saturated rings. The molecule has 0 radical (unpaired) electrons. The first-order chi connectivity index (χ1) is 18.2. The summed E-state index contributed by atoms with van der Waals surface area (Å²) >= 11 is 0. The first-order valence-electron chi connectivity index (χ1n) is 17.6. The fourth-order valence-electron chi connectivity index (χ4n) is 5.95.